The Bertz CT molecular complexity index is 511. The van der Waals surface area contributed by atoms with Crippen LogP contribution in [0.1, 0.15) is 26.3 Å². The van der Waals surface area contributed by atoms with Gasteiger partial charge < -0.3 is 9.84 Å². The van der Waals surface area contributed by atoms with E-state index >= 15 is 0 Å². The quantitative estimate of drug-likeness (QED) is 0.725. The monoisotopic (exact) mass is 315 g/mol. The smallest absolute Gasteiger partial charge is 0.240 e. The van der Waals surface area contributed by atoms with Gasteiger partial charge >= 0.3 is 0 Å². The minimum Gasteiger partial charge on any atom is -0.396 e. The van der Waals surface area contributed by atoms with Crippen LogP contribution in [0, 0.1) is 5.92 Å². The van der Waals surface area contributed by atoms with E-state index in [1.165, 1.54) is 0 Å². The minimum absolute atomic E-state index is 0.0497. The molecule has 0 saturated carbocycles. The van der Waals surface area contributed by atoms with Crippen LogP contribution in [0.5, 0.6) is 0 Å². The summed E-state index contributed by atoms with van der Waals surface area (Å²) in [5.41, 5.74) is 0.908. The molecule has 2 N–H and O–H groups in total. The second kappa shape index (κ2) is 8.48. The fourth-order valence-corrected chi connectivity index (χ4v) is 3.21. The van der Waals surface area contributed by atoms with Crippen LogP contribution in [0.4, 0.5) is 0 Å². The van der Waals surface area contributed by atoms with E-state index in [-0.39, 0.29) is 23.5 Å². The minimum atomic E-state index is -3.56. The molecule has 0 spiro atoms. The number of aliphatic hydroxyl groups excluding tert-OH is 1. The molecule has 0 saturated heterocycles. The Balaban J connectivity index is 2.83. The Hall–Kier alpha value is -0.950. The summed E-state index contributed by atoms with van der Waals surface area (Å²) in [5, 5.41) is 8.87. The Kier molecular flexibility index (Phi) is 7.31. The molecule has 1 unspecified atom stereocenters. The number of sulfonamides is 1. The van der Waals surface area contributed by atoms with Gasteiger partial charge in [0, 0.05) is 19.3 Å². The highest BCUT2D eigenvalue weighted by molar-refractivity contribution is 7.89. The lowest BCUT2D eigenvalue weighted by molar-refractivity contribution is 0.116. The summed E-state index contributed by atoms with van der Waals surface area (Å²) in [4.78, 5) is 0.228. The average molecular weight is 315 g/mol. The number of hydrogen-bond donors (Lipinski definition) is 2. The van der Waals surface area contributed by atoms with Crippen molar-refractivity contribution in [2.45, 2.75) is 38.1 Å². The summed E-state index contributed by atoms with van der Waals surface area (Å²) in [7, 11) is -3.56. The zero-order valence-electron chi connectivity index (χ0n) is 12.9. The maximum atomic E-state index is 12.4. The van der Waals surface area contributed by atoms with Crippen LogP contribution in [-0.2, 0) is 21.2 Å². The normalized spacial score (nSPS) is 13.6. The predicted molar refractivity (Wildman–Crippen MR) is 82.7 cm³/mol. The lowest BCUT2D eigenvalue weighted by Crippen LogP contribution is -2.41. The van der Waals surface area contributed by atoms with E-state index in [4.69, 9.17) is 9.84 Å². The van der Waals surface area contributed by atoms with Gasteiger partial charge in [-0.15, -0.1) is 0 Å². The summed E-state index contributed by atoms with van der Waals surface area (Å²) in [6.45, 7) is 6.75. The fraction of sp³-hybridized carbons (Fsp3) is 0.600. The van der Waals surface area contributed by atoms with E-state index in [9.17, 15) is 8.42 Å². The summed E-state index contributed by atoms with van der Waals surface area (Å²) >= 11 is 0. The van der Waals surface area contributed by atoms with E-state index in [1.807, 2.05) is 20.8 Å². The molecule has 0 heterocycles. The molecule has 0 fully saturated rings. The van der Waals surface area contributed by atoms with Gasteiger partial charge in [0.15, 0.2) is 0 Å². The Labute approximate surface area is 127 Å². The van der Waals surface area contributed by atoms with Crippen molar-refractivity contribution in [1.29, 1.82) is 0 Å². The molecule has 0 radical (unpaired) electrons. The van der Waals surface area contributed by atoms with Crippen LogP contribution < -0.4 is 4.72 Å². The Morgan fingerprint density at radius 3 is 2.33 bits per heavy atom. The lowest BCUT2D eigenvalue weighted by Gasteiger charge is -2.22. The average Bonchev–Trinajstić information content (AvgIpc) is 2.44. The fourth-order valence-electron chi connectivity index (χ4n) is 1.84. The van der Waals surface area contributed by atoms with Gasteiger partial charge in [-0.1, -0.05) is 26.0 Å². The van der Waals surface area contributed by atoms with Crippen molar-refractivity contribution in [2.75, 3.05) is 19.8 Å². The van der Waals surface area contributed by atoms with Crippen LogP contribution in [0.25, 0.3) is 0 Å². The van der Waals surface area contributed by atoms with Gasteiger partial charge in [0.1, 0.15) is 0 Å². The lowest BCUT2D eigenvalue weighted by atomic mass is 10.1. The van der Waals surface area contributed by atoms with Crippen molar-refractivity contribution in [2.24, 2.45) is 5.92 Å². The SMILES string of the molecule is CCOCC(NS(=O)(=O)c1ccc(CCO)cc1)C(C)C. The molecule has 1 rings (SSSR count). The second-order valence-electron chi connectivity index (χ2n) is 5.25. The highest BCUT2D eigenvalue weighted by atomic mass is 32.2. The number of nitrogens with one attached hydrogen (secondary N) is 1. The first kappa shape index (κ1) is 18.1. The Morgan fingerprint density at radius 1 is 1.24 bits per heavy atom. The molecule has 0 aliphatic rings. The van der Waals surface area contributed by atoms with Crippen molar-refractivity contribution >= 4 is 10.0 Å². The van der Waals surface area contributed by atoms with Gasteiger partial charge in [0.25, 0.3) is 0 Å². The van der Waals surface area contributed by atoms with E-state index in [1.54, 1.807) is 24.3 Å². The largest absolute Gasteiger partial charge is 0.396 e. The third-order valence-corrected chi connectivity index (χ3v) is 4.75. The first-order valence-corrected chi connectivity index (χ1v) is 8.69. The zero-order chi connectivity index (χ0) is 15.9. The van der Waals surface area contributed by atoms with Crippen LogP contribution in [0.2, 0.25) is 0 Å². The number of rotatable bonds is 9. The van der Waals surface area contributed by atoms with Crippen molar-refractivity contribution in [3.8, 4) is 0 Å². The maximum absolute atomic E-state index is 12.4. The van der Waals surface area contributed by atoms with Crippen LogP contribution in [0.3, 0.4) is 0 Å². The molecule has 6 heteroatoms. The van der Waals surface area contributed by atoms with Gasteiger partial charge in [-0.3, -0.25) is 0 Å². The van der Waals surface area contributed by atoms with Gasteiger partial charge in [-0.2, -0.15) is 0 Å². The third kappa shape index (κ3) is 5.74. The third-order valence-electron chi connectivity index (χ3n) is 3.25. The van der Waals surface area contributed by atoms with Gasteiger partial charge in [0.05, 0.1) is 11.5 Å². The molecule has 0 bridgehead atoms. The molecule has 21 heavy (non-hydrogen) atoms. The van der Waals surface area contributed by atoms with Crippen molar-refractivity contribution in [3.05, 3.63) is 29.8 Å². The number of benzene rings is 1. The molecule has 1 aromatic rings. The molecule has 0 aliphatic heterocycles. The van der Waals surface area contributed by atoms with E-state index in [0.717, 1.165) is 5.56 Å². The Morgan fingerprint density at radius 2 is 1.86 bits per heavy atom. The van der Waals surface area contributed by atoms with Crippen molar-refractivity contribution in [1.82, 2.24) is 4.72 Å². The number of hydrogen-bond acceptors (Lipinski definition) is 4. The molecule has 0 aliphatic carbocycles. The summed E-state index contributed by atoms with van der Waals surface area (Å²) in [6.07, 6.45) is 0.521. The van der Waals surface area contributed by atoms with E-state index < -0.39 is 10.0 Å². The molecule has 120 valence electrons. The van der Waals surface area contributed by atoms with Crippen LogP contribution in [0.15, 0.2) is 29.2 Å². The van der Waals surface area contributed by atoms with Crippen molar-refractivity contribution < 1.29 is 18.3 Å². The van der Waals surface area contributed by atoms with E-state index in [2.05, 4.69) is 4.72 Å². The maximum Gasteiger partial charge on any atom is 0.240 e. The number of aliphatic hydroxyl groups is 1. The standard InChI is InChI=1S/C15H25NO4S/c1-4-20-11-15(12(2)3)16-21(18,19)14-7-5-13(6-8-14)9-10-17/h5-8,12,15-17H,4,9-11H2,1-3H3. The van der Waals surface area contributed by atoms with E-state index in [0.29, 0.717) is 19.6 Å². The molecule has 1 aromatic carbocycles. The van der Waals surface area contributed by atoms with Crippen LogP contribution in [-0.4, -0.2) is 39.4 Å². The molecular weight excluding hydrogens is 290 g/mol. The zero-order valence-corrected chi connectivity index (χ0v) is 13.7. The molecular formula is C15H25NO4S. The first-order chi connectivity index (χ1) is 9.90. The highest BCUT2D eigenvalue weighted by Gasteiger charge is 2.22. The van der Waals surface area contributed by atoms with Crippen molar-refractivity contribution in [3.63, 3.8) is 0 Å². The summed E-state index contributed by atoms with van der Waals surface area (Å²) in [6, 6.07) is 6.30. The molecule has 1 atom stereocenters. The predicted octanol–water partition coefficient (Wildman–Crippen LogP) is 1.56. The van der Waals surface area contributed by atoms with Crippen LogP contribution >= 0.6 is 0 Å². The molecule has 0 amide bonds. The van der Waals surface area contributed by atoms with Gasteiger partial charge in [0.2, 0.25) is 10.0 Å². The van der Waals surface area contributed by atoms with Gasteiger partial charge in [-0.25, -0.2) is 13.1 Å². The summed E-state index contributed by atoms with van der Waals surface area (Å²) < 4.78 is 32.8. The first-order valence-electron chi connectivity index (χ1n) is 7.20. The topological polar surface area (TPSA) is 75.6 Å². The molecule has 5 nitrogen and oxygen atoms in total. The highest BCUT2D eigenvalue weighted by Crippen LogP contribution is 2.13. The second-order valence-corrected chi connectivity index (χ2v) is 6.96. The number of ether oxygens (including phenoxy) is 1. The van der Waals surface area contributed by atoms with Gasteiger partial charge in [-0.05, 0) is 37.0 Å². The summed E-state index contributed by atoms with van der Waals surface area (Å²) in [5.74, 6) is 0.139. The molecule has 0 aromatic heterocycles.